The minimum Gasteiger partial charge on any atom is -0.508 e. The number of ether oxygens (including phenoxy) is 2. The van der Waals surface area contributed by atoms with Gasteiger partial charge in [-0.1, -0.05) is 5.16 Å². The van der Waals surface area contributed by atoms with Crippen molar-refractivity contribution in [1.29, 1.82) is 0 Å². The predicted molar refractivity (Wildman–Crippen MR) is 108 cm³/mol. The second-order valence-corrected chi connectivity index (χ2v) is 6.86. The van der Waals surface area contributed by atoms with E-state index in [4.69, 9.17) is 14.0 Å². The van der Waals surface area contributed by atoms with Crippen molar-refractivity contribution in [3.63, 3.8) is 0 Å². The molecule has 2 aromatic carbocycles. The first-order valence-corrected chi connectivity index (χ1v) is 9.47. The maximum atomic E-state index is 9.44. The van der Waals surface area contributed by atoms with Crippen LogP contribution in [0, 0.1) is 0 Å². The zero-order valence-corrected chi connectivity index (χ0v) is 16.5. The molecule has 4 rings (SSSR count). The first-order chi connectivity index (χ1) is 14.2. The molecule has 0 radical (unpaired) electrons. The van der Waals surface area contributed by atoms with Crippen LogP contribution in [0.1, 0.15) is 5.89 Å². The van der Waals surface area contributed by atoms with E-state index >= 15 is 0 Å². The summed E-state index contributed by atoms with van der Waals surface area (Å²) in [5.41, 5.74) is 1.94. The van der Waals surface area contributed by atoms with E-state index in [1.165, 1.54) is 0 Å². The Hall–Kier alpha value is -3.26. The molecule has 1 saturated heterocycles. The number of methoxy groups -OCH3 is 2. The summed E-state index contributed by atoms with van der Waals surface area (Å²) in [5.74, 6) is 2.69. The molecular formula is C21H24N4O4. The fourth-order valence-corrected chi connectivity index (χ4v) is 3.43. The van der Waals surface area contributed by atoms with Crippen molar-refractivity contribution in [2.45, 2.75) is 6.54 Å². The number of rotatable bonds is 6. The highest BCUT2D eigenvalue weighted by Crippen LogP contribution is 2.31. The molecule has 1 aliphatic heterocycles. The van der Waals surface area contributed by atoms with E-state index in [-0.39, 0.29) is 5.75 Å². The molecule has 3 aromatic rings. The lowest BCUT2D eigenvalue weighted by Gasteiger charge is -2.35. The van der Waals surface area contributed by atoms with Gasteiger partial charge in [0.15, 0.2) is 11.5 Å². The zero-order chi connectivity index (χ0) is 20.2. The number of hydrogen-bond donors (Lipinski definition) is 1. The highest BCUT2D eigenvalue weighted by atomic mass is 16.5. The molecule has 8 nitrogen and oxygen atoms in total. The van der Waals surface area contributed by atoms with Crippen LogP contribution in [0.2, 0.25) is 0 Å². The normalized spacial score (nSPS) is 14.8. The Morgan fingerprint density at radius 3 is 2.38 bits per heavy atom. The van der Waals surface area contributed by atoms with Crippen LogP contribution in [0.25, 0.3) is 11.4 Å². The average Bonchev–Trinajstić information content (AvgIpc) is 3.23. The standard InChI is InChI=1S/C21H24N4O4/c1-27-18-8-3-15(13-19(18)28-2)21-22-20(29-23-21)14-24-9-11-25(12-10-24)16-4-6-17(26)7-5-16/h3-8,13,26H,9-12,14H2,1-2H3. The Labute approximate surface area is 169 Å². The number of phenolic OH excluding ortho intramolecular Hbond substituents is 1. The Morgan fingerprint density at radius 1 is 0.966 bits per heavy atom. The molecule has 1 fully saturated rings. The molecule has 0 aliphatic carbocycles. The predicted octanol–water partition coefficient (Wildman–Crippen LogP) is 2.78. The molecule has 0 unspecified atom stereocenters. The Balaban J connectivity index is 1.37. The lowest BCUT2D eigenvalue weighted by Crippen LogP contribution is -2.46. The van der Waals surface area contributed by atoms with Gasteiger partial charge < -0.3 is 24.0 Å². The third-order valence-corrected chi connectivity index (χ3v) is 5.06. The molecule has 29 heavy (non-hydrogen) atoms. The molecular weight excluding hydrogens is 372 g/mol. The highest BCUT2D eigenvalue weighted by Gasteiger charge is 2.20. The number of aromatic nitrogens is 2. The van der Waals surface area contributed by atoms with Gasteiger partial charge in [-0.2, -0.15) is 4.98 Å². The zero-order valence-electron chi connectivity index (χ0n) is 16.5. The van der Waals surface area contributed by atoms with E-state index in [0.717, 1.165) is 37.4 Å². The van der Waals surface area contributed by atoms with E-state index in [1.807, 2.05) is 30.3 Å². The molecule has 8 heteroatoms. The summed E-state index contributed by atoms with van der Waals surface area (Å²) in [6, 6.07) is 12.9. The van der Waals surface area contributed by atoms with Crippen molar-refractivity contribution < 1.29 is 19.1 Å². The molecule has 0 atom stereocenters. The van der Waals surface area contributed by atoms with E-state index in [0.29, 0.717) is 29.8 Å². The summed E-state index contributed by atoms with van der Waals surface area (Å²) in [5, 5.41) is 13.5. The summed E-state index contributed by atoms with van der Waals surface area (Å²) in [6.07, 6.45) is 0. The van der Waals surface area contributed by atoms with Crippen LogP contribution in [-0.4, -0.2) is 60.5 Å². The van der Waals surface area contributed by atoms with E-state index < -0.39 is 0 Å². The van der Waals surface area contributed by atoms with Crippen molar-refractivity contribution in [2.24, 2.45) is 0 Å². The average molecular weight is 396 g/mol. The number of piperazine rings is 1. The first kappa shape index (κ1) is 19.1. The van der Waals surface area contributed by atoms with Crippen molar-refractivity contribution in [3.8, 4) is 28.6 Å². The lowest BCUT2D eigenvalue weighted by molar-refractivity contribution is 0.215. The van der Waals surface area contributed by atoms with E-state index in [9.17, 15) is 5.11 Å². The maximum absolute atomic E-state index is 9.44. The van der Waals surface area contributed by atoms with Crippen molar-refractivity contribution in [1.82, 2.24) is 15.0 Å². The molecule has 0 bridgehead atoms. The summed E-state index contributed by atoms with van der Waals surface area (Å²) in [6.45, 7) is 4.22. The van der Waals surface area contributed by atoms with Crippen LogP contribution in [0.15, 0.2) is 47.0 Å². The summed E-state index contributed by atoms with van der Waals surface area (Å²) < 4.78 is 16.1. The molecule has 1 N–H and O–H groups in total. The minimum atomic E-state index is 0.286. The van der Waals surface area contributed by atoms with Gasteiger partial charge in [-0.05, 0) is 42.5 Å². The lowest BCUT2D eigenvalue weighted by atomic mass is 10.2. The summed E-state index contributed by atoms with van der Waals surface area (Å²) in [7, 11) is 3.20. The van der Waals surface area contributed by atoms with Crippen LogP contribution >= 0.6 is 0 Å². The molecule has 2 heterocycles. The molecule has 152 valence electrons. The van der Waals surface area contributed by atoms with E-state index in [2.05, 4.69) is 19.9 Å². The van der Waals surface area contributed by atoms with Crippen molar-refractivity contribution >= 4 is 5.69 Å². The van der Waals surface area contributed by atoms with Crippen LogP contribution in [0.3, 0.4) is 0 Å². The number of benzene rings is 2. The SMILES string of the molecule is COc1ccc(-c2noc(CN3CCN(c4ccc(O)cc4)CC3)n2)cc1OC. The monoisotopic (exact) mass is 396 g/mol. The first-order valence-electron chi connectivity index (χ1n) is 9.47. The molecule has 0 spiro atoms. The van der Waals surface area contributed by atoms with Gasteiger partial charge in [0.05, 0.1) is 20.8 Å². The van der Waals surface area contributed by atoms with Crippen molar-refractivity contribution in [2.75, 3.05) is 45.3 Å². The van der Waals surface area contributed by atoms with E-state index in [1.54, 1.807) is 26.4 Å². The van der Waals surface area contributed by atoms with Gasteiger partial charge in [0.25, 0.3) is 0 Å². The second-order valence-electron chi connectivity index (χ2n) is 6.86. The third-order valence-electron chi connectivity index (χ3n) is 5.06. The van der Waals surface area contributed by atoms with Gasteiger partial charge in [0, 0.05) is 37.4 Å². The third kappa shape index (κ3) is 4.27. The van der Waals surface area contributed by atoms with Gasteiger partial charge >= 0.3 is 0 Å². The van der Waals surface area contributed by atoms with Crippen LogP contribution in [-0.2, 0) is 6.54 Å². The van der Waals surface area contributed by atoms with Crippen LogP contribution in [0.5, 0.6) is 17.2 Å². The summed E-state index contributed by atoms with van der Waals surface area (Å²) in [4.78, 5) is 9.13. The Morgan fingerprint density at radius 2 is 1.69 bits per heavy atom. The summed E-state index contributed by atoms with van der Waals surface area (Å²) >= 11 is 0. The molecule has 1 aromatic heterocycles. The smallest absolute Gasteiger partial charge is 0.241 e. The fraction of sp³-hybridized carbons (Fsp3) is 0.333. The van der Waals surface area contributed by atoms with Gasteiger partial charge in [-0.25, -0.2) is 0 Å². The van der Waals surface area contributed by atoms with Crippen LogP contribution in [0.4, 0.5) is 5.69 Å². The quantitative estimate of drug-likeness (QED) is 0.681. The van der Waals surface area contributed by atoms with Crippen molar-refractivity contribution in [3.05, 3.63) is 48.4 Å². The second kappa shape index (κ2) is 8.40. The van der Waals surface area contributed by atoms with Gasteiger partial charge in [0.1, 0.15) is 5.75 Å². The number of phenols is 1. The minimum absolute atomic E-state index is 0.286. The highest BCUT2D eigenvalue weighted by molar-refractivity contribution is 5.60. The number of hydrogen-bond acceptors (Lipinski definition) is 8. The number of aromatic hydroxyl groups is 1. The Kier molecular flexibility index (Phi) is 5.53. The van der Waals surface area contributed by atoms with Gasteiger partial charge in [0.2, 0.25) is 11.7 Å². The number of nitrogens with zero attached hydrogens (tertiary/aromatic N) is 4. The Bertz CT molecular complexity index is 950. The maximum Gasteiger partial charge on any atom is 0.241 e. The van der Waals surface area contributed by atoms with Gasteiger partial charge in [-0.3, -0.25) is 4.90 Å². The van der Waals surface area contributed by atoms with Crippen LogP contribution < -0.4 is 14.4 Å². The largest absolute Gasteiger partial charge is 0.508 e. The van der Waals surface area contributed by atoms with Gasteiger partial charge in [-0.15, -0.1) is 0 Å². The molecule has 0 amide bonds. The molecule has 0 saturated carbocycles. The topological polar surface area (TPSA) is 84.1 Å². The molecule has 1 aliphatic rings. The number of anilines is 1. The fourth-order valence-electron chi connectivity index (χ4n) is 3.43.